The Bertz CT molecular complexity index is 561. The van der Waals surface area contributed by atoms with E-state index in [0.29, 0.717) is 13.0 Å². The molecule has 0 fully saturated rings. The first-order valence-electron chi connectivity index (χ1n) is 6.90. The number of nitrogens with zero attached hydrogens (tertiary/aromatic N) is 1. The second-order valence-electron chi connectivity index (χ2n) is 5.29. The molecule has 3 heteroatoms. The third kappa shape index (κ3) is 3.70. The van der Waals surface area contributed by atoms with Crippen molar-refractivity contribution >= 4 is 17.2 Å². The predicted octanol–water partition coefficient (Wildman–Crippen LogP) is 4.21. The summed E-state index contributed by atoms with van der Waals surface area (Å²) in [7, 11) is 1.89. The van der Waals surface area contributed by atoms with Crippen LogP contribution in [0.15, 0.2) is 41.8 Å². The summed E-state index contributed by atoms with van der Waals surface area (Å²) in [6.07, 6.45) is 0.560. The minimum absolute atomic E-state index is 0.203. The zero-order valence-corrected chi connectivity index (χ0v) is 13.1. The summed E-state index contributed by atoms with van der Waals surface area (Å²) < 4.78 is 0. The van der Waals surface area contributed by atoms with Gasteiger partial charge >= 0.3 is 0 Å². The monoisotopic (exact) mass is 287 g/mol. The van der Waals surface area contributed by atoms with Crippen LogP contribution in [0.4, 0.5) is 0 Å². The lowest BCUT2D eigenvalue weighted by Gasteiger charge is -2.19. The van der Waals surface area contributed by atoms with Crippen molar-refractivity contribution < 1.29 is 4.79 Å². The smallest absolute Gasteiger partial charge is 0.223 e. The maximum atomic E-state index is 12.3. The molecule has 2 aromatic rings. The van der Waals surface area contributed by atoms with Gasteiger partial charge in [0.05, 0.1) is 6.54 Å². The number of carbonyl (C=O) groups excluding carboxylic acids is 1. The SMILES string of the molecule is Cc1ccsc1CN(C)C(=O)CC(C)c1ccccc1. The summed E-state index contributed by atoms with van der Waals surface area (Å²) in [5, 5.41) is 2.08. The average molecular weight is 287 g/mol. The highest BCUT2D eigenvalue weighted by molar-refractivity contribution is 7.10. The van der Waals surface area contributed by atoms with Crippen LogP contribution < -0.4 is 0 Å². The molecule has 0 spiro atoms. The number of hydrogen-bond acceptors (Lipinski definition) is 2. The van der Waals surface area contributed by atoms with E-state index in [1.54, 1.807) is 11.3 Å². The molecular weight excluding hydrogens is 266 g/mol. The summed E-state index contributed by atoms with van der Waals surface area (Å²) in [6, 6.07) is 12.3. The Labute approximate surface area is 125 Å². The number of benzene rings is 1. The minimum atomic E-state index is 0.203. The largest absolute Gasteiger partial charge is 0.341 e. The first-order valence-corrected chi connectivity index (χ1v) is 7.77. The van der Waals surface area contributed by atoms with E-state index in [1.807, 2.05) is 30.1 Å². The molecule has 1 atom stereocenters. The van der Waals surface area contributed by atoms with E-state index in [-0.39, 0.29) is 11.8 Å². The second kappa shape index (κ2) is 6.71. The van der Waals surface area contributed by atoms with E-state index in [9.17, 15) is 4.79 Å². The molecule has 0 aliphatic carbocycles. The van der Waals surface area contributed by atoms with Gasteiger partial charge in [0.1, 0.15) is 0 Å². The number of rotatable bonds is 5. The summed E-state index contributed by atoms with van der Waals surface area (Å²) in [4.78, 5) is 15.4. The van der Waals surface area contributed by atoms with Crippen LogP contribution in [-0.2, 0) is 11.3 Å². The van der Waals surface area contributed by atoms with Crippen molar-refractivity contribution in [2.45, 2.75) is 32.7 Å². The van der Waals surface area contributed by atoms with Crippen molar-refractivity contribution in [3.63, 3.8) is 0 Å². The van der Waals surface area contributed by atoms with Gasteiger partial charge in [0, 0.05) is 18.3 Å². The summed E-state index contributed by atoms with van der Waals surface area (Å²) in [5.74, 6) is 0.463. The van der Waals surface area contributed by atoms with Crippen LogP contribution in [0.1, 0.15) is 35.3 Å². The van der Waals surface area contributed by atoms with Gasteiger partial charge in [0.2, 0.25) is 5.91 Å². The van der Waals surface area contributed by atoms with Crippen LogP contribution in [-0.4, -0.2) is 17.9 Å². The van der Waals surface area contributed by atoms with Crippen LogP contribution in [0, 0.1) is 6.92 Å². The molecule has 0 bridgehead atoms. The zero-order chi connectivity index (χ0) is 14.5. The molecule has 20 heavy (non-hydrogen) atoms. The van der Waals surface area contributed by atoms with Crippen LogP contribution in [0.3, 0.4) is 0 Å². The number of thiophene rings is 1. The Morgan fingerprint density at radius 1 is 1.25 bits per heavy atom. The van der Waals surface area contributed by atoms with E-state index in [2.05, 4.69) is 37.4 Å². The number of carbonyl (C=O) groups is 1. The van der Waals surface area contributed by atoms with Crippen molar-refractivity contribution in [1.82, 2.24) is 4.90 Å². The van der Waals surface area contributed by atoms with E-state index < -0.39 is 0 Å². The van der Waals surface area contributed by atoms with E-state index in [1.165, 1.54) is 16.0 Å². The number of hydrogen-bond donors (Lipinski definition) is 0. The second-order valence-corrected chi connectivity index (χ2v) is 6.29. The summed E-state index contributed by atoms with van der Waals surface area (Å²) in [5.41, 5.74) is 2.49. The molecule has 106 valence electrons. The number of aryl methyl sites for hydroxylation is 1. The molecule has 1 aromatic carbocycles. The quantitative estimate of drug-likeness (QED) is 0.806. The first kappa shape index (κ1) is 14.8. The van der Waals surface area contributed by atoms with Gasteiger partial charge in [-0.3, -0.25) is 4.79 Å². The first-order chi connectivity index (χ1) is 9.58. The van der Waals surface area contributed by atoms with Gasteiger partial charge in [-0.25, -0.2) is 0 Å². The molecule has 0 radical (unpaired) electrons. The fraction of sp³-hybridized carbons (Fsp3) is 0.353. The van der Waals surface area contributed by atoms with Crippen LogP contribution in [0.2, 0.25) is 0 Å². The zero-order valence-electron chi connectivity index (χ0n) is 12.3. The Balaban J connectivity index is 1.93. The van der Waals surface area contributed by atoms with Crippen LogP contribution in [0.5, 0.6) is 0 Å². The van der Waals surface area contributed by atoms with E-state index in [0.717, 1.165) is 0 Å². The highest BCUT2D eigenvalue weighted by atomic mass is 32.1. The van der Waals surface area contributed by atoms with Crippen molar-refractivity contribution in [1.29, 1.82) is 0 Å². The standard InChI is InChI=1S/C17H21NOS/c1-13-9-10-20-16(13)12-18(3)17(19)11-14(2)15-7-5-4-6-8-15/h4-10,14H,11-12H2,1-3H3. The van der Waals surface area contributed by atoms with Gasteiger partial charge in [-0.15, -0.1) is 11.3 Å². The van der Waals surface area contributed by atoms with E-state index in [4.69, 9.17) is 0 Å². The molecule has 0 saturated carbocycles. The molecule has 0 aliphatic rings. The molecule has 2 rings (SSSR count). The molecular formula is C17H21NOS. The Hall–Kier alpha value is -1.61. The van der Waals surface area contributed by atoms with Crippen molar-refractivity contribution in [2.75, 3.05) is 7.05 Å². The van der Waals surface area contributed by atoms with Gasteiger partial charge in [0.25, 0.3) is 0 Å². The van der Waals surface area contributed by atoms with Gasteiger partial charge in [0.15, 0.2) is 0 Å². The van der Waals surface area contributed by atoms with Crippen molar-refractivity contribution in [2.24, 2.45) is 0 Å². The molecule has 2 nitrogen and oxygen atoms in total. The fourth-order valence-corrected chi connectivity index (χ4v) is 3.15. The lowest BCUT2D eigenvalue weighted by molar-refractivity contribution is -0.130. The Kier molecular flexibility index (Phi) is 4.96. The highest BCUT2D eigenvalue weighted by Crippen LogP contribution is 2.21. The van der Waals surface area contributed by atoms with Crippen LogP contribution >= 0.6 is 11.3 Å². The van der Waals surface area contributed by atoms with Crippen molar-refractivity contribution in [3.8, 4) is 0 Å². The Morgan fingerprint density at radius 3 is 2.55 bits per heavy atom. The summed E-state index contributed by atoms with van der Waals surface area (Å²) in [6.45, 7) is 4.91. The molecule has 0 saturated heterocycles. The molecule has 0 N–H and O–H groups in total. The maximum Gasteiger partial charge on any atom is 0.223 e. The highest BCUT2D eigenvalue weighted by Gasteiger charge is 2.15. The lowest BCUT2D eigenvalue weighted by atomic mass is 9.97. The Morgan fingerprint density at radius 2 is 1.95 bits per heavy atom. The average Bonchev–Trinajstić information content (AvgIpc) is 2.85. The normalized spacial score (nSPS) is 12.2. The molecule has 0 aliphatic heterocycles. The van der Waals surface area contributed by atoms with Gasteiger partial charge in [-0.1, -0.05) is 37.3 Å². The summed E-state index contributed by atoms with van der Waals surface area (Å²) >= 11 is 1.72. The molecule has 1 unspecified atom stereocenters. The fourth-order valence-electron chi connectivity index (χ4n) is 2.19. The maximum absolute atomic E-state index is 12.3. The topological polar surface area (TPSA) is 20.3 Å². The molecule has 1 aromatic heterocycles. The van der Waals surface area contributed by atoms with Crippen molar-refractivity contribution in [3.05, 3.63) is 57.8 Å². The van der Waals surface area contributed by atoms with Gasteiger partial charge in [-0.05, 0) is 35.4 Å². The number of amides is 1. The third-order valence-electron chi connectivity index (χ3n) is 3.62. The lowest BCUT2D eigenvalue weighted by Crippen LogP contribution is -2.27. The molecule has 1 amide bonds. The van der Waals surface area contributed by atoms with Gasteiger partial charge < -0.3 is 4.90 Å². The minimum Gasteiger partial charge on any atom is -0.341 e. The molecule has 1 heterocycles. The van der Waals surface area contributed by atoms with Crippen LogP contribution in [0.25, 0.3) is 0 Å². The third-order valence-corrected chi connectivity index (χ3v) is 4.63. The van der Waals surface area contributed by atoms with Gasteiger partial charge in [-0.2, -0.15) is 0 Å². The van der Waals surface area contributed by atoms with E-state index >= 15 is 0 Å². The predicted molar refractivity (Wildman–Crippen MR) is 85.0 cm³/mol.